The van der Waals surface area contributed by atoms with Crippen LogP contribution >= 0.6 is 11.3 Å². The lowest BCUT2D eigenvalue weighted by Crippen LogP contribution is -2.41. The molecule has 6 nitrogen and oxygen atoms in total. The van der Waals surface area contributed by atoms with E-state index >= 15 is 0 Å². The van der Waals surface area contributed by atoms with Crippen LogP contribution in [0.2, 0.25) is 0 Å². The Morgan fingerprint density at radius 2 is 2.30 bits per heavy atom. The second kappa shape index (κ2) is 6.04. The molecule has 0 aliphatic carbocycles. The summed E-state index contributed by atoms with van der Waals surface area (Å²) in [4.78, 5) is 28.1. The van der Waals surface area contributed by atoms with E-state index < -0.39 is 12.0 Å². The van der Waals surface area contributed by atoms with Crippen molar-refractivity contribution in [1.82, 2.24) is 14.7 Å². The molecule has 1 atom stereocenters. The zero-order chi connectivity index (χ0) is 14.7. The summed E-state index contributed by atoms with van der Waals surface area (Å²) in [7, 11) is 0. The number of imidazole rings is 1. The number of aromatic nitrogens is 2. The van der Waals surface area contributed by atoms with Crippen LogP contribution in [0.5, 0.6) is 0 Å². The Morgan fingerprint density at radius 3 is 2.95 bits per heavy atom. The van der Waals surface area contributed by atoms with Gasteiger partial charge in [-0.25, -0.2) is 9.78 Å². The van der Waals surface area contributed by atoms with Gasteiger partial charge >= 0.3 is 5.97 Å². The minimum absolute atomic E-state index is 0.156. The van der Waals surface area contributed by atoms with Crippen LogP contribution < -0.4 is 5.32 Å². The molecule has 0 spiro atoms. The summed E-state index contributed by atoms with van der Waals surface area (Å²) >= 11 is 1.47. The van der Waals surface area contributed by atoms with Crippen molar-refractivity contribution in [2.75, 3.05) is 0 Å². The number of hydrogen-bond donors (Lipinski definition) is 2. The van der Waals surface area contributed by atoms with Gasteiger partial charge in [0.25, 0.3) is 0 Å². The van der Waals surface area contributed by atoms with Crippen LogP contribution in [0.15, 0.2) is 11.6 Å². The van der Waals surface area contributed by atoms with Gasteiger partial charge in [0.15, 0.2) is 4.96 Å². The Hall–Kier alpha value is -1.89. The standard InChI is InChI=1S/C13H17N3O3S/c1-3-4-10(12(18)19)15-11(17)5-9-7-20-13-14-8(2)6-16(9)13/h6-7,10H,3-5H2,1-2H3,(H,15,17)(H,18,19)/t10-/m0/s1. The van der Waals surface area contributed by atoms with Gasteiger partial charge in [-0.15, -0.1) is 11.3 Å². The largest absolute Gasteiger partial charge is 0.480 e. The number of aryl methyl sites for hydroxylation is 1. The fraction of sp³-hybridized carbons (Fsp3) is 0.462. The van der Waals surface area contributed by atoms with Crippen molar-refractivity contribution >= 4 is 28.2 Å². The predicted molar refractivity (Wildman–Crippen MR) is 76.0 cm³/mol. The van der Waals surface area contributed by atoms with E-state index in [1.807, 2.05) is 29.8 Å². The summed E-state index contributed by atoms with van der Waals surface area (Å²) in [5, 5.41) is 13.5. The maximum Gasteiger partial charge on any atom is 0.326 e. The van der Waals surface area contributed by atoms with E-state index in [2.05, 4.69) is 10.3 Å². The Labute approximate surface area is 120 Å². The van der Waals surface area contributed by atoms with Gasteiger partial charge in [0, 0.05) is 17.3 Å². The second-order valence-corrected chi connectivity index (χ2v) is 5.52. The number of carbonyl (C=O) groups excluding carboxylic acids is 1. The molecule has 0 saturated heterocycles. The van der Waals surface area contributed by atoms with E-state index in [0.717, 1.165) is 16.3 Å². The summed E-state index contributed by atoms with van der Waals surface area (Å²) in [5.74, 6) is -1.27. The molecular weight excluding hydrogens is 278 g/mol. The number of amides is 1. The summed E-state index contributed by atoms with van der Waals surface area (Å²) in [6.45, 7) is 3.78. The van der Waals surface area contributed by atoms with Gasteiger partial charge in [-0.05, 0) is 13.3 Å². The molecule has 1 amide bonds. The van der Waals surface area contributed by atoms with Crippen molar-refractivity contribution in [2.45, 2.75) is 39.2 Å². The first-order valence-electron chi connectivity index (χ1n) is 6.45. The zero-order valence-corrected chi connectivity index (χ0v) is 12.2. The smallest absolute Gasteiger partial charge is 0.326 e. The molecule has 0 unspecified atom stereocenters. The Morgan fingerprint density at radius 1 is 1.55 bits per heavy atom. The van der Waals surface area contributed by atoms with Gasteiger partial charge in [-0.3, -0.25) is 9.20 Å². The monoisotopic (exact) mass is 295 g/mol. The lowest BCUT2D eigenvalue weighted by molar-refractivity contribution is -0.141. The third kappa shape index (κ3) is 3.16. The molecule has 0 saturated carbocycles. The van der Waals surface area contributed by atoms with Crippen LogP contribution in [0.1, 0.15) is 31.2 Å². The number of carbonyl (C=O) groups is 2. The average molecular weight is 295 g/mol. The van der Waals surface area contributed by atoms with Crippen LogP contribution in [0.4, 0.5) is 0 Å². The van der Waals surface area contributed by atoms with Crippen LogP contribution in [-0.4, -0.2) is 32.4 Å². The number of aliphatic carboxylic acids is 1. The lowest BCUT2D eigenvalue weighted by Gasteiger charge is -2.13. The maximum absolute atomic E-state index is 11.9. The van der Waals surface area contributed by atoms with E-state index in [1.165, 1.54) is 11.3 Å². The third-order valence-electron chi connectivity index (χ3n) is 2.96. The fourth-order valence-corrected chi connectivity index (χ4v) is 2.94. The van der Waals surface area contributed by atoms with Gasteiger partial charge < -0.3 is 10.4 Å². The Kier molecular flexibility index (Phi) is 4.39. The first-order chi connectivity index (χ1) is 9.51. The Balaban J connectivity index is 2.05. The van der Waals surface area contributed by atoms with Crippen molar-refractivity contribution in [3.05, 3.63) is 23.0 Å². The number of carboxylic acids is 1. The van der Waals surface area contributed by atoms with Gasteiger partial charge in [0.2, 0.25) is 5.91 Å². The van der Waals surface area contributed by atoms with Gasteiger partial charge in [0.05, 0.1) is 12.1 Å². The zero-order valence-electron chi connectivity index (χ0n) is 11.4. The molecule has 0 aliphatic rings. The third-order valence-corrected chi connectivity index (χ3v) is 3.84. The van der Waals surface area contributed by atoms with Crippen molar-refractivity contribution in [1.29, 1.82) is 0 Å². The molecule has 2 rings (SSSR count). The maximum atomic E-state index is 11.9. The molecule has 0 radical (unpaired) electrons. The quantitative estimate of drug-likeness (QED) is 0.848. The molecular formula is C13H17N3O3S. The lowest BCUT2D eigenvalue weighted by atomic mass is 10.1. The number of hydrogen-bond acceptors (Lipinski definition) is 4. The van der Waals surface area contributed by atoms with E-state index in [-0.39, 0.29) is 12.3 Å². The van der Waals surface area contributed by atoms with Crippen molar-refractivity contribution in [3.63, 3.8) is 0 Å². The highest BCUT2D eigenvalue weighted by molar-refractivity contribution is 7.15. The highest BCUT2D eigenvalue weighted by Crippen LogP contribution is 2.16. The highest BCUT2D eigenvalue weighted by Gasteiger charge is 2.19. The minimum atomic E-state index is -0.992. The van der Waals surface area contributed by atoms with Crippen LogP contribution in [-0.2, 0) is 16.0 Å². The van der Waals surface area contributed by atoms with E-state index in [0.29, 0.717) is 12.8 Å². The normalized spacial score (nSPS) is 12.5. The molecule has 0 aromatic carbocycles. The van der Waals surface area contributed by atoms with Crippen LogP contribution in [0, 0.1) is 6.92 Å². The summed E-state index contributed by atoms with van der Waals surface area (Å²) in [6, 6.07) is -0.814. The van der Waals surface area contributed by atoms with E-state index in [4.69, 9.17) is 5.11 Å². The molecule has 2 N–H and O–H groups in total. The Bertz CT molecular complexity index is 632. The number of carboxylic acid groups (broad SMARTS) is 1. The average Bonchev–Trinajstić information content (AvgIpc) is 2.89. The van der Waals surface area contributed by atoms with Gasteiger partial charge in [0.1, 0.15) is 6.04 Å². The molecule has 7 heteroatoms. The fourth-order valence-electron chi connectivity index (χ4n) is 2.02. The molecule has 2 aromatic rings. The molecule has 0 aliphatic heterocycles. The molecule has 2 aromatic heterocycles. The highest BCUT2D eigenvalue weighted by atomic mass is 32.1. The first-order valence-corrected chi connectivity index (χ1v) is 7.33. The van der Waals surface area contributed by atoms with Crippen molar-refractivity contribution in [3.8, 4) is 0 Å². The van der Waals surface area contributed by atoms with Crippen LogP contribution in [0.3, 0.4) is 0 Å². The number of fused-ring (bicyclic) bond motifs is 1. The molecule has 0 bridgehead atoms. The number of thiazole rings is 1. The van der Waals surface area contributed by atoms with Crippen molar-refractivity contribution < 1.29 is 14.7 Å². The van der Waals surface area contributed by atoms with Gasteiger partial charge in [-0.2, -0.15) is 0 Å². The minimum Gasteiger partial charge on any atom is -0.480 e. The number of nitrogens with zero attached hydrogens (tertiary/aromatic N) is 2. The van der Waals surface area contributed by atoms with E-state index in [9.17, 15) is 9.59 Å². The number of nitrogens with one attached hydrogen (secondary N) is 1. The molecule has 2 heterocycles. The summed E-state index contributed by atoms with van der Waals surface area (Å²) in [6.07, 6.45) is 3.17. The summed E-state index contributed by atoms with van der Waals surface area (Å²) < 4.78 is 1.87. The molecule has 0 fully saturated rings. The topological polar surface area (TPSA) is 83.7 Å². The van der Waals surface area contributed by atoms with Crippen molar-refractivity contribution in [2.24, 2.45) is 0 Å². The van der Waals surface area contributed by atoms with Crippen LogP contribution in [0.25, 0.3) is 4.96 Å². The predicted octanol–water partition coefficient (Wildman–Crippen LogP) is 1.62. The number of rotatable bonds is 6. The SMILES string of the molecule is CCC[C@H](NC(=O)Cc1csc2nc(C)cn12)C(=O)O. The molecule has 20 heavy (non-hydrogen) atoms. The second-order valence-electron chi connectivity index (χ2n) is 4.69. The summed E-state index contributed by atoms with van der Waals surface area (Å²) in [5.41, 5.74) is 1.72. The van der Waals surface area contributed by atoms with Gasteiger partial charge in [-0.1, -0.05) is 13.3 Å². The molecule has 108 valence electrons. The van der Waals surface area contributed by atoms with E-state index in [1.54, 1.807) is 0 Å². The first kappa shape index (κ1) is 14.5.